The van der Waals surface area contributed by atoms with Crippen LogP contribution in [0.1, 0.15) is 28.9 Å². The number of benzene rings is 2. The minimum atomic E-state index is -5.06. The van der Waals surface area contributed by atoms with E-state index in [0.29, 0.717) is 31.0 Å². The number of hydrogen-bond acceptors (Lipinski definition) is 8. The fourth-order valence-corrected chi connectivity index (χ4v) is 4.41. The lowest BCUT2D eigenvalue weighted by Gasteiger charge is -2.19. The zero-order valence-electron chi connectivity index (χ0n) is 21.5. The number of nitrogens with two attached hydrogens (primary N) is 2. The van der Waals surface area contributed by atoms with E-state index in [-0.39, 0.29) is 39.9 Å². The van der Waals surface area contributed by atoms with Crippen molar-refractivity contribution in [1.82, 2.24) is 15.5 Å². The lowest BCUT2D eigenvalue weighted by atomic mass is 10.1. The molecule has 1 amide bonds. The molecule has 1 saturated heterocycles. The molecule has 0 unspecified atom stereocenters. The molecule has 0 radical (unpaired) electrons. The topological polar surface area (TPSA) is 187 Å². The van der Waals surface area contributed by atoms with E-state index in [2.05, 4.69) is 20.5 Å². The van der Waals surface area contributed by atoms with E-state index < -0.39 is 33.6 Å². The van der Waals surface area contributed by atoms with Crippen LogP contribution in [-0.4, -0.2) is 55.9 Å². The second kappa shape index (κ2) is 12.3. The minimum absolute atomic E-state index is 0.00690. The number of nitrogens with zero attached hydrogens (tertiary/aromatic N) is 2. The van der Waals surface area contributed by atoms with Crippen molar-refractivity contribution in [3.05, 3.63) is 71.2 Å². The van der Waals surface area contributed by atoms with Gasteiger partial charge in [0.15, 0.2) is 5.82 Å². The van der Waals surface area contributed by atoms with Gasteiger partial charge >= 0.3 is 5.76 Å². The highest BCUT2D eigenvalue weighted by molar-refractivity contribution is 7.93. The van der Waals surface area contributed by atoms with Crippen molar-refractivity contribution in [2.24, 2.45) is 16.5 Å². The molecule has 12 nitrogen and oxygen atoms in total. The standard InChI is InChI=1S/C25H26F3N7O5S/c1-13(14-2-5-16(26)6-3-14)40-19-10-15(4-7-18(19)35-41(37,38)25(27)28)22-21(23(30)36)24(34-33-22)32-20(29)11-17-12-39-9-8-31-17/h2-7,10-11,13,25,31,35H,8-9,12H2,1H3,(H2,30,36)(H3,29,32,33,34)/b17-11-/t13-/m0/s1. The Bertz CT molecular complexity index is 1580. The third kappa shape index (κ3) is 7.15. The van der Waals surface area contributed by atoms with Crippen molar-refractivity contribution in [3.63, 3.8) is 0 Å². The Kier molecular flexibility index (Phi) is 8.83. The number of sulfonamides is 1. The van der Waals surface area contributed by atoms with E-state index in [0.717, 1.165) is 0 Å². The Hall–Kier alpha value is -4.57. The summed E-state index contributed by atoms with van der Waals surface area (Å²) in [6.45, 7) is 3.02. The molecule has 41 heavy (non-hydrogen) atoms. The smallest absolute Gasteiger partial charge is 0.355 e. The molecule has 16 heteroatoms. The van der Waals surface area contributed by atoms with Crippen molar-refractivity contribution in [2.75, 3.05) is 24.5 Å². The Balaban J connectivity index is 1.74. The number of aliphatic imine (C=N–C) groups is 1. The van der Waals surface area contributed by atoms with Crippen molar-refractivity contribution in [3.8, 4) is 17.0 Å². The van der Waals surface area contributed by atoms with Crippen molar-refractivity contribution in [1.29, 1.82) is 0 Å². The van der Waals surface area contributed by atoms with Crippen LogP contribution in [0.5, 0.6) is 5.75 Å². The maximum absolute atomic E-state index is 13.4. The quantitative estimate of drug-likeness (QED) is 0.175. The molecular weight excluding hydrogens is 567 g/mol. The lowest BCUT2D eigenvalue weighted by molar-refractivity contribution is 0.100. The van der Waals surface area contributed by atoms with Gasteiger partial charge < -0.3 is 26.3 Å². The van der Waals surface area contributed by atoms with E-state index in [1.165, 1.54) is 48.5 Å². The average Bonchev–Trinajstić information content (AvgIpc) is 3.34. The van der Waals surface area contributed by atoms with Gasteiger partial charge in [-0.05, 0) is 36.8 Å². The van der Waals surface area contributed by atoms with Crippen LogP contribution in [0.2, 0.25) is 0 Å². The van der Waals surface area contributed by atoms with E-state index >= 15 is 0 Å². The number of halogens is 3. The van der Waals surface area contributed by atoms with Crippen LogP contribution in [0.25, 0.3) is 11.3 Å². The predicted octanol–water partition coefficient (Wildman–Crippen LogP) is 2.91. The minimum Gasteiger partial charge on any atom is -0.484 e. The fourth-order valence-electron chi connectivity index (χ4n) is 3.85. The fraction of sp³-hybridized carbons (Fsp3) is 0.240. The van der Waals surface area contributed by atoms with E-state index in [4.69, 9.17) is 20.9 Å². The van der Waals surface area contributed by atoms with Gasteiger partial charge in [-0.2, -0.15) is 13.9 Å². The summed E-state index contributed by atoms with van der Waals surface area (Å²) in [5.74, 6) is -5.39. The van der Waals surface area contributed by atoms with Crippen molar-refractivity contribution < 1.29 is 35.9 Å². The molecule has 1 atom stereocenters. The summed E-state index contributed by atoms with van der Waals surface area (Å²) in [5, 5.41) is 9.79. The number of amides is 1. The second-order valence-electron chi connectivity index (χ2n) is 8.78. The number of aromatic nitrogens is 2. The van der Waals surface area contributed by atoms with Gasteiger partial charge in [0.05, 0.1) is 24.6 Å². The zero-order valence-corrected chi connectivity index (χ0v) is 22.3. The molecule has 0 aliphatic carbocycles. The molecule has 1 aromatic heterocycles. The maximum Gasteiger partial charge on any atom is 0.355 e. The van der Waals surface area contributed by atoms with Gasteiger partial charge in [-0.25, -0.2) is 17.8 Å². The number of amidine groups is 1. The van der Waals surface area contributed by atoms with Gasteiger partial charge in [0.25, 0.3) is 15.9 Å². The van der Waals surface area contributed by atoms with Crippen molar-refractivity contribution >= 4 is 33.3 Å². The Labute approximate surface area is 232 Å². The van der Waals surface area contributed by atoms with Gasteiger partial charge in [-0.15, -0.1) is 0 Å². The summed E-state index contributed by atoms with van der Waals surface area (Å²) in [4.78, 5) is 16.6. The van der Waals surface area contributed by atoms with Crippen LogP contribution >= 0.6 is 0 Å². The molecule has 4 rings (SSSR count). The molecule has 0 spiro atoms. The third-order valence-corrected chi connectivity index (χ3v) is 6.78. The molecule has 2 aromatic carbocycles. The number of hydrogen-bond donors (Lipinski definition) is 5. The number of carbonyl (C=O) groups is 1. The first kappa shape index (κ1) is 29.4. The summed E-state index contributed by atoms with van der Waals surface area (Å²) in [5.41, 5.74) is 12.7. The van der Waals surface area contributed by atoms with Crippen LogP contribution in [0, 0.1) is 5.82 Å². The second-order valence-corrected chi connectivity index (χ2v) is 10.4. The van der Waals surface area contributed by atoms with Gasteiger partial charge in [0, 0.05) is 23.9 Å². The number of carbonyl (C=O) groups excluding carboxylic acids is 1. The highest BCUT2D eigenvalue weighted by Crippen LogP contribution is 2.37. The Morgan fingerprint density at radius 2 is 1.95 bits per heavy atom. The van der Waals surface area contributed by atoms with E-state index in [1.54, 1.807) is 11.6 Å². The van der Waals surface area contributed by atoms with Gasteiger partial charge in [-0.3, -0.25) is 14.6 Å². The largest absolute Gasteiger partial charge is 0.484 e. The maximum atomic E-state index is 13.4. The van der Waals surface area contributed by atoms with Crippen LogP contribution in [0.4, 0.5) is 24.7 Å². The third-order valence-electron chi connectivity index (χ3n) is 5.81. The number of nitrogens with one attached hydrogen (secondary N) is 3. The highest BCUT2D eigenvalue weighted by atomic mass is 32.2. The number of anilines is 1. The predicted molar refractivity (Wildman–Crippen MR) is 145 cm³/mol. The Morgan fingerprint density at radius 3 is 2.59 bits per heavy atom. The number of primary amides is 1. The SMILES string of the molecule is C[C@H](Oc1cc(-c2[nH]nc(N=C(N)/C=C3/COCCN3)c2C(N)=O)ccc1NS(=O)(=O)C(F)F)c1ccc(F)cc1. The first-order valence-electron chi connectivity index (χ1n) is 12.1. The average molecular weight is 594 g/mol. The van der Waals surface area contributed by atoms with E-state index in [1.807, 2.05) is 0 Å². The molecule has 1 aliphatic heterocycles. The molecule has 3 aromatic rings. The van der Waals surface area contributed by atoms with Gasteiger partial charge in [-0.1, -0.05) is 18.2 Å². The summed E-state index contributed by atoms with van der Waals surface area (Å²) in [7, 11) is -5.06. The summed E-state index contributed by atoms with van der Waals surface area (Å²) in [6, 6.07) is 9.11. The molecule has 7 N–H and O–H groups in total. The number of aromatic amines is 1. The van der Waals surface area contributed by atoms with Crippen LogP contribution < -0.4 is 26.2 Å². The molecule has 0 saturated carbocycles. The number of morpholine rings is 1. The zero-order chi connectivity index (χ0) is 29.7. The number of ether oxygens (including phenoxy) is 2. The molecule has 2 heterocycles. The lowest BCUT2D eigenvalue weighted by Crippen LogP contribution is -2.30. The number of H-pyrrole nitrogens is 1. The molecular formula is C25H26F3N7O5S. The monoisotopic (exact) mass is 593 g/mol. The summed E-state index contributed by atoms with van der Waals surface area (Å²) >= 11 is 0. The first-order chi connectivity index (χ1) is 19.4. The first-order valence-corrected chi connectivity index (χ1v) is 13.6. The Morgan fingerprint density at radius 1 is 1.22 bits per heavy atom. The number of alkyl halides is 2. The van der Waals surface area contributed by atoms with Crippen LogP contribution in [0.3, 0.4) is 0 Å². The number of rotatable bonds is 10. The molecule has 0 bridgehead atoms. The van der Waals surface area contributed by atoms with Crippen molar-refractivity contribution in [2.45, 2.75) is 18.8 Å². The highest BCUT2D eigenvalue weighted by Gasteiger charge is 2.27. The summed E-state index contributed by atoms with van der Waals surface area (Å²) in [6.07, 6.45) is 0.744. The molecule has 1 aliphatic rings. The van der Waals surface area contributed by atoms with Gasteiger partial charge in [0.1, 0.15) is 29.1 Å². The van der Waals surface area contributed by atoms with Crippen LogP contribution in [-0.2, 0) is 14.8 Å². The molecule has 1 fully saturated rings. The van der Waals surface area contributed by atoms with Crippen LogP contribution in [0.15, 0.2) is 59.2 Å². The van der Waals surface area contributed by atoms with E-state index in [9.17, 15) is 26.4 Å². The van der Waals surface area contributed by atoms with Gasteiger partial charge in [0.2, 0.25) is 0 Å². The summed E-state index contributed by atoms with van der Waals surface area (Å²) < 4.78 is 76.4. The molecule has 218 valence electrons. The normalized spacial score (nSPS) is 15.9.